The van der Waals surface area contributed by atoms with E-state index in [1.807, 2.05) is 0 Å². The minimum absolute atomic E-state index is 0.0469. The third-order valence-electron chi connectivity index (χ3n) is 9.24. The minimum atomic E-state index is -0.418. The molecule has 5 rings (SSSR count). The fourth-order valence-electron chi connectivity index (χ4n) is 7.36. The lowest BCUT2D eigenvalue weighted by Gasteiger charge is -2.57. The maximum Gasteiger partial charge on any atom is 0.269 e. The first-order chi connectivity index (χ1) is 14.8. The number of nitrogens with zero attached hydrogens (tertiary/aromatic N) is 2. The lowest BCUT2D eigenvalue weighted by Crippen LogP contribution is -2.51. The van der Waals surface area contributed by atoms with Crippen LogP contribution in [-0.4, -0.2) is 21.8 Å². The molecule has 0 amide bonds. The highest BCUT2D eigenvalue weighted by atomic mass is 16.6. The van der Waals surface area contributed by atoms with Crippen LogP contribution in [0.2, 0.25) is 0 Å². The van der Waals surface area contributed by atoms with Crippen LogP contribution in [0.15, 0.2) is 41.1 Å². The fourth-order valence-corrected chi connectivity index (χ4v) is 7.36. The van der Waals surface area contributed by atoms with Gasteiger partial charge in [0.25, 0.3) is 5.69 Å². The summed E-state index contributed by atoms with van der Waals surface area (Å²) >= 11 is 0. The zero-order chi connectivity index (χ0) is 21.8. The summed E-state index contributed by atoms with van der Waals surface area (Å²) < 4.78 is 0. The molecule has 0 saturated heterocycles. The number of allylic oxidation sites excluding steroid dienone is 2. The number of nitro benzene ring substituents is 1. The predicted octanol–water partition coefficient (Wildman–Crippen LogP) is 5.65. The van der Waals surface area contributed by atoms with Gasteiger partial charge in [0.15, 0.2) is 5.75 Å². The molecule has 166 valence electrons. The van der Waals surface area contributed by atoms with Gasteiger partial charge < -0.3 is 9.94 Å². The van der Waals surface area contributed by atoms with Gasteiger partial charge in [0.2, 0.25) is 0 Å². The van der Waals surface area contributed by atoms with Gasteiger partial charge in [0.05, 0.1) is 16.7 Å². The van der Waals surface area contributed by atoms with Crippen LogP contribution in [0.1, 0.15) is 65.2 Å². The Bertz CT molecular complexity index is 939. The van der Waals surface area contributed by atoms with Gasteiger partial charge in [-0.2, -0.15) is 0 Å². The molecule has 1 aromatic carbocycles. The van der Waals surface area contributed by atoms with Crippen LogP contribution in [0.5, 0.6) is 5.75 Å². The molecule has 3 fully saturated rings. The summed E-state index contributed by atoms with van der Waals surface area (Å²) in [6.07, 6.45) is 11.0. The second kappa shape index (κ2) is 7.44. The molecule has 3 saturated carbocycles. The first-order valence-corrected chi connectivity index (χ1v) is 11.7. The van der Waals surface area contributed by atoms with Crippen molar-refractivity contribution >= 4 is 11.4 Å². The summed E-state index contributed by atoms with van der Waals surface area (Å²) in [6, 6.07) is 6.04. The van der Waals surface area contributed by atoms with E-state index in [2.05, 4.69) is 25.1 Å². The van der Waals surface area contributed by atoms with E-state index in [0.29, 0.717) is 17.6 Å². The number of hydrogen-bond acceptors (Lipinski definition) is 5. The van der Waals surface area contributed by atoms with E-state index in [1.165, 1.54) is 37.0 Å². The highest BCUT2D eigenvalue weighted by Crippen LogP contribution is 2.65. The molecular formula is C25H32N2O4. The molecule has 4 aliphatic rings. The number of nitro groups is 1. The molecular weight excluding hydrogens is 392 g/mol. The van der Waals surface area contributed by atoms with Crippen LogP contribution in [0.3, 0.4) is 0 Å². The molecule has 1 aromatic rings. The van der Waals surface area contributed by atoms with Crippen molar-refractivity contribution in [1.82, 2.24) is 0 Å². The Morgan fingerprint density at radius 2 is 1.84 bits per heavy atom. The lowest BCUT2D eigenvalue weighted by molar-refractivity contribution is -0.384. The molecule has 0 aromatic heterocycles. The van der Waals surface area contributed by atoms with Crippen molar-refractivity contribution in [3.05, 3.63) is 46.0 Å². The third-order valence-corrected chi connectivity index (χ3v) is 9.24. The number of oxime groups is 1. The van der Waals surface area contributed by atoms with E-state index < -0.39 is 4.92 Å². The number of hydrogen-bond donors (Lipinski definition) is 1. The van der Waals surface area contributed by atoms with Crippen LogP contribution >= 0.6 is 0 Å². The number of non-ortho nitro benzene ring substituents is 1. The summed E-state index contributed by atoms with van der Waals surface area (Å²) in [7, 11) is 0. The highest BCUT2D eigenvalue weighted by molar-refractivity contribution is 5.96. The normalized spacial score (nSPS) is 40.5. The van der Waals surface area contributed by atoms with Crippen molar-refractivity contribution in [2.24, 2.45) is 33.7 Å². The quantitative estimate of drug-likeness (QED) is 0.502. The zero-order valence-corrected chi connectivity index (χ0v) is 18.4. The van der Waals surface area contributed by atoms with E-state index in [9.17, 15) is 15.2 Å². The second-order valence-corrected chi connectivity index (χ2v) is 10.6. The second-order valence-electron chi connectivity index (χ2n) is 10.6. The van der Waals surface area contributed by atoms with Gasteiger partial charge in [0.1, 0.15) is 0 Å². The van der Waals surface area contributed by atoms with Gasteiger partial charge in [-0.25, -0.2) is 0 Å². The van der Waals surface area contributed by atoms with Gasteiger partial charge in [-0.1, -0.05) is 24.6 Å². The first-order valence-electron chi connectivity index (χ1n) is 11.7. The molecule has 6 heteroatoms. The van der Waals surface area contributed by atoms with Crippen molar-refractivity contribution in [2.45, 2.75) is 71.3 Å². The minimum Gasteiger partial charge on any atom is -0.393 e. The van der Waals surface area contributed by atoms with Crippen LogP contribution in [0, 0.1) is 38.7 Å². The monoisotopic (exact) mass is 424 g/mol. The maximum absolute atomic E-state index is 10.8. The third kappa shape index (κ3) is 3.30. The van der Waals surface area contributed by atoms with Crippen molar-refractivity contribution < 1.29 is 14.9 Å². The largest absolute Gasteiger partial charge is 0.393 e. The average Bonchev–Trinajstić information content (AvgIpc) is 3.07. The summed E-state index contributed by atoms with van der Waals surface area (Å²) in [4.78, 5) is 15.9. The van der Waals surface area contributed by atoms with Crippen molar-refractivity contribution in [2.75, 3.05) is 0 Å². The van der Waals surface area contributed by atoms with Gasteiger partial charge >= 0.3 is 0 Å². The molecule has 1 N–H and O–H groups in total. The Kier molecular flexibility index (Phi) is 4.96. The molecule has 0 radical (unpaired) electrons. The standard InChI is InChI=1S/C25H32N2O4/c1-24-13-11-17(26-31-19-6-4-18(5-7-19)27(29)30)15-16(24)3-8-20-21-9-10-23(28)25(21,2)14-12-22(20)24/h4-7,15,20-23,28H,3,8-14H2,1-2H3/t20-,21-,22-,23-,24-,25-/m0/s1. The highest BCUT2D eigenvalue weighted by Gasteiger charge is 2.58. The zero-order valence-electron chi connectivity index (χ0n) is 18.4. The molecule has 0 spiro atoms. The van der Waals surface area contributed by atoms with Crippen molar-refractivity contribution in [3.8, 4) is 5.75 Å². The summed E-state index contributed by atoms with van der Waals surface area (Å²) in [5, 5.41) is 25.8. The Morgan fingerprint density at radius 1 is 1.06 bits per heavy atom. The number of fused-ring (bicyclic) bond motifs is 5. The van der Waals surface area contributed by atoms with Crippen molar-refractivity contribution in [3.63, 3.8) is 0 Å². The molecule has 4 aliphatic carbocycles. The smallest absolute Gasteiger partial charge is 0.269 e. The number of benzene rings is 1. The summed E-state index contributed by atoms with van der Waals surface area (Å²) in [5.41, 5.74) is 2.86. The Hall–Kier alpha value is -2.21. The number of rotatable bonds is 3. The molecule has 6 atom stereocenters. The number of aliphatic hydroxyl groups is 1. The van der Waals surface area contributed by atoms with Crippen LogP contribution in [-0.2, 0) is 0 Å². The van der Waals surface area contributed by atoms with Crippen LogP contribution in [0.4, 0.5) is 5.69 Å². The predicted molar refractivity (Wildman–Crippen MR) is 119 cm³/mol. The Labute approximate surface area is 183 Å². The maximum atomic E-state index is 10.8. The summed E-state index contributed by atoms with van der Waals surface area (Å²) in [5.74, 6) is 2.61. The van der Waals surface area contributed by atoms with E-state index >= 15 is 0 Å². The Balaban J connectivity index is 1.33. The van der Waals surface area contributed by atoms with Gasteiger partial charge in [-0.3, -0.25) is 10.1 Å². The molecule has 31 heavy (non-hydrogen) atoms. The van der Waals surface area contributed by atoms with E-state index in [-0.39, 0.29) is 22.6 Å². The molecule has 0 unspecified atom stereocenters. The fraction of sp³-hybridized carbons (Fsp3) is 0.640. The molecule has 0 bridgehead atoms. The van der Waals surface area contributed by atoms with Crippen LogP contribution < -0.4 is 4.84 Å². The molecule has 0 aliphatic heterocycles. The molecule has 6 nitrogen and oxygen atoms in total. The Morgan fingerprint density at radius 3 is 2.58 bits per heavy atom. The molecule has 0 heterocycles. The van der Waals surface area contributed by atoms with Crippen molar-refractivity contribution in [1.29, 1.82) is 0 Å². The van der Waals surface area contributed by atoms with E-state index in [1.54, 1.807) is 12.1 Å². The van der Waals surface area contributed by atoms with Gasteiger partial charge in [0, 0.05) is 12.1 Å². The van der Waals surface area contributed by atoms with Crippen LogP contribution in [0.25, 0.3) is 0 Å². The first kappa shape index (κ1) is 20.7. The van der Waals surface area contributed by atoms with Gasteiger partial charge in [-0.15, -0.1) is 0 Å². The van der Waals surface area contributed by atoms with Gasteiger partial charge in [-0.05, 0) is 98.2 Å². The topological polar surface area (TPSA) is 85.0 Å². The van der Waals surface area contributed by atoms with E-state index in [0.717, 1.165) is 43.7 Å². The lowest BCUT2D eigenvalue weighted by atomic mass is 9.47. The summed E-state index contributed by atoms with van der Waals surface area (Å²) in [6.45, 7) is 4.79. The van der Waals surface area contributed by atoms with E-state index in [4.69, 9.17) is 4.84 Å². The SMILES string of the molecule is C[C@]12CC[C@H]3[C@@H](CCC4=CC(=NOc5ccc([N+](=O)[O-])cc5)CC[C@@]43C)[C@@H]1CC[C@@H]2O. The average molecular weight is 425 g/mol. The number of aliphatic hydroxyl groups excluding tert-OH is 1.